The fraction of sp³-hybridized carbons (Fsp3) is 1.00. The second kappa shape index (κ2) is 5.71. The molecule has 0 aromatic heterocycles. The van der Waals surface area contributed by atoms with E-state index < -0.39 is 0 Å². The third-order valence-electron chi connectivity index (χ3n) is 3.94. The number of nitrogens with one attached hydrogen (secondary N) is 1. The maximum absolute atomic E-state index is 9.55. The predicted molar refractivity (Wildman–Crippen MR) is 74.1 cm³/mol. The number of hydrogen-bond acceptors (Lipinski definition) is 2. The van der Waals surface area contributed by atoms with Crippen LogP contribution in [0.2, 0.25) is 0 Å². The summed E-state index contributed by atoms with van der Waals surface area (Å²) in [6.07, 6.45) is 5.46. The van der Waals surface area contributed by atoms with Crippen molar-refractivity contribution in [2.24, 2.45) is 10.8 Å². The smallest absolute Gasteiger partial charge is 0.0549 e. The van der Waals surface area contributed by atoms with Crippen molar-refractivity contribution in [3.63, 3.8) is 0 Å². The largest absolute Gasteiger partial charge is 0.393 e. The van der Waals surface area contributed by atoms with Gasteiger partial charge in [-0.05, 0) is 49.5 Å². The summed E-state index contributed by atoms with van der Waals surface area (Å²) in [5.74, 6) is 0. The molecule has 1 aliphatic rings. The Hall–Kier alpha value is -0.0800. The Balaban J connectivity index is 2.38. The van der Waals surface area contributed by atoms with E-state index in [2.05, 4.69) is 33.0 Å². The molecule has 0 aromatic rings. The van der Waals surface area contributed by atoms with E-state index in [9.17, 15) is 5.11 Å². The van der Waals surface area contributed by atoms with Gasteiger partial charge >= 0.3 is 0 Å². The standard InChI is InChI=1S/C15H31NO/c1-6-13(17)7-8-16-12-9-14(2,3)11-15(4,5)10-12/h12-13,16-17H,6-11H2,1-5H3. The summed E-state index contributed by atoms with van der Waals surface area (Å²) >= 11 is 0. The van der Waals surface area contributed by atoms with Crippen LogP contribution in [0.15, 0.2) is 0 Å². The average Bonchev–Trinajstić information content (AvgIpc) is 2.12. The topological polar surface area (TPSA) is 32.3 Å². The van der Waals surface area contributed by atoms with Gasteiger partial charge in [0, 0.05) is 6.04 Å². The summed E-state index contributed by atoms with van der Waals surface area (Å²) in [4.78, 5) is 0. The zero-order valence-electron chi connectivity index (χ0n) is 12.3. The van der Waals surface area contributed by atoms with Crippen molar-refractivity contribution < 1.29 is 5.11 Å². The Labute approximate surface area is 107 Å². The minimum atomic E-state index is -0.132. The molecule has 1 unspecified atom stereocenters. The molecule has 0 aliphatic heterocycles. The molecule has 2 N–H and O–H groups in total. The number of rotatable bonds is 5. The molecule has 1 saturated carbocycles. The van der Waals surface area contributed by atoms with Gasteiger partial charge in [-0.2, -0.15) is 0 Å². The van der Waals surface area contributed by atoms with Crippen LogP contribution in [0, 0.1) is 10.8 Å². The van der Waals surface area contributed by atoms with Crippen LogP contribution in [-0.4, -0.2) is 23.8 Å². The quantitative estimate of drug-likeness (QED) is 0.773. The molecule has 17 heavy (non-hydrogen) atoms. The highest BCUT2D eigenvalue weighted by Crippen LogP contribution is 2.45. The third-order valence-corrected chi connectivity index (χ3v) is 3.94. The van der Waals surface area contributed by atoms with Crippen LogP contribution in [0.3, 0.4) is 0 Å². The van der Waals surface area contributed by atoms with Crippen molar-refractivity contribution in [1.29, 1.82) is 0 Å². The summed E-state index contributed by atoms with van der Waals surface area (Å²) in [6, 6.07) is 0.623. The summed E-state index contributed by atoms with van der Waals surface area (Å²) < 4.78 is 0. The molecule has 0 saturated heterocycles. The monoisotopic (exact) mass is 241 g/mol. The summed E-state index contributed by atoms with van der Waals surface area (Å²) in [6.45, 7) is 12.5. The molecule has 0 bridgehead atoms. The van der Waals surface area contributed by atoms with Gasteiger partial charge in [0.2, 0.25) is 0 Å². The van der Waals surface area contributed by atoms with E-state index in [-0.39, 0.29) is 6.10 Å². The molecule has 1 fully saturated rings. The van der Waals surface area contributed by atoms with Crippen LogP contribution in [0.1, 0.15) is 66.7 Å². The van der Waals surface area contributed by atoms with Crippen LogP contribution in [-0.2, 0) is 0 Å². The van der Waals surface area contributed by atoms with E-state index in [1.54, 1.807) is 0 Å². The lowest BCUT2D eigenvalue weighted by Gasteiger charge is -2.45. The lowest BCUT2D eigenvalue weighted by atomic mass is 9.63. The zero-order valence-corrected chi connectivity index (χ0v) is 12.3. The molecular formula is C15H31NO. The molecule has 0 amide bonds. The Bertz CT molecular complexity index is 219. The number of hydrogen-bond donors (Lipinski definition) is 2. The molecule has 2 heteroatoms. The molecule has 1 atom stereocenters. The van der Waals surface area contributed by atoms with E-state index in [1.165, 1.54) is 19.3 Å². The molecule has 0 aromatic carbocycles. The predicted octanol–water partition coefficient (Wildman–Crippen LogP) is 3.34. The Morgan fingerprint density at radius 2 is 1.71 bits per heavy atom. The second-order valence-corrected chi connectivity index (χ2v) is 7.42. The SMILES string of the molecule is CCC(O)CCNC1CC(C)(C)CC(C)(C)C1. The van der Waals surface area contributed by atoms with Crippen molar-refractivity contribution in [2.45, 2.75) is 78.9 Å². The molecule has 0 heterocycles. The van der Waals surface area contributed by atoms with Gasteiger partial charge in [-0.15, -0.1) is 0 Å². The van der Waals surface area contributed by atoms with Gasteiger partial charge in [0.15, 0.2) is 0 Å². The summed E-state index contributed by atoms with van der Waals surface area (Å²) in [5.41, 5.74) is 0.894. The van der Waals surface area contributed by atoms with Gasteiger partial charge in [-0.1, -0.05) is 34.6 Å². The highest BCUT2D eigenvalue weighted by atomic mass is 16.3. The first kappa shape index (κ1) is 15.0. The molecule has 0 spiro atoms. The van der Waals surface area contributed by atoms with E-state index in [1.807, 2.05) is 6.92 Å². The molecule has 102 valence electrons. The van der Waals surface area contributed by atoms with Crippen LogP contribution in [0.25, 0.3) is 0 Å². The second-order valence-electron chi connectivity index (χ2n) is 7.42. The normalized spacial score (nSPS) is 25.8. The van der Waals surface area contributed by atoms with Crippen molar-refractivity contribution in [2.75, 3.05) is 6.54 Å². The highest BCUT2D eigenvalue weighted by Gasteiger charge is 2.37. The minimum absolute atomic E-state index is 0.132. The maximum Gasteiger partial charge on any atom is 0.0549 e. The van der Waals surface area contributed by atoms with Gasteiger partial charge in [0.1, 0.15) is 0 Å². The van der Waals surface area contributed by atoms with Gasteiger partial charge in [0.05, 0.1) is 6.10 Å². The van der Waals surface area contributed by atoms with E-state index >= 15 is 0 Å². The molecule has 2 nitrogen and oxygen atoms in total. The van der Waals surface area contributed by atoms with Crippen molar-refractivity contribution in [3.8, 4) is 0 Å². The summed E-state index contributed by atoms with van der Waals surface area (Å²) in [5, 5.41) is 13.2. The van der Waals surface area contributed by atoms with Crippen molar-refractivity contribution in [1.82, 2.24) is 5.32 Å². The molecule has 1 aliphatic carbocycles. The van der Waals surface area contributed by atoms with Gasteiger partial charge in [0.25, 0.3) is 0 Å². The first-order chi connectivity index (χ1) is 7.74. The lowest BCUT2D eigenvalue weighted by molar-refractivity contribution is 0.0821. The van der Waals surface area contributed by atoms with Crippen molar-refractivity contribution >= 4 is 0 Å². The van der Waals surface area contributed by atoms with Crippen LogP contribution in [0.4, 0.5) is 0 Å². The van der Waals surface area contributed by atoms with Gasteiger partial charge < -0.3 is 10.4 Å². The van der Waals surface area contributed by atoms with E-state index in [4.69, 9.17) is 0 Å². The molecule has 0 radical (unpaired) electrons. The minimum Gasteiger partial charge on any atom is -0.393 e. The Kier molecular flexibility index (Phi) is 5.03. The van der Waals surface area contributed by atoms with Crippen molar-refractivity contribution in [3.05, 3.63) is 0 Å². The van der Waals surface area contributed by atoms with Crippen LogP contribution >= 0.6 is 0 Å². The maximum atomic E-state index is 9.55. The van der Waals surface area contributed by atoms with Crippen LogP contribution < -0.4 is 5.32 Å². The third kappa shape index (κ3) is 5.39. The molecule has 1 rings (SSSR count). The highest BCUT2D eigenvalue weighted by molar-refractivity contribution is 4.92. The summed E-state index contributed by atoms with van der Waals surface area (Å²) in [7, 11) is 0. The first-order valence-electron chi connectivity index (χ1n) is 7.15. The van der Waals surface area contributed by atoms with Gasteiger partial charge in [-0.25, -0.2) is 0 Å². The van der Waals surface area contributed by atoms with E-state index in [0.29, 0.717) is 16.9 Å². The average molecular weight is 241 g/mol. The zero-order chi connectivity index (χ0) is 13.1. The Morgan fingerprint density at radius 1 is 1.18 bits per heavy atom. The van der Waals surface area contributed by atoms with Gasteiger partial charge in [-0.3, -0.25) is 0 Å². The Morgan fingerprint density at radius 3 is 2.18 bits per heavy atom. The van der Waals surface area contributed by atoms with E-state index in [0.717, 1.165) is 19.4 Å². The first-order valence-corrected chi connectivity index (χ1v) is 7.15. The lowest BCUT2D eigenvalue weighted by Crippen LogP contribution is -2.44. The van der Waals surface area contributed by atoms with Crippen LogP contribution in [0.5, 0.6) is 0 Å². The fourth-order valence-electron chi connectivity index (χ4n) is 3.65. The number of aliphatic hydroxyl groups excluding tert-OH is 1. The fourth-order valence-corrected chi connectivity index (χ4v) is 3.65. The number of aliphatic hydroxyl groups is 1. The molecular weight excluding hydrogens is 210 g/mol.